The van der Waals surface area contributed by atoms with Crippen molar-refractivity contribution in [3.63, 3.8) is 0 Å². The molecular weight excluding hydrogens is 352 g/mol. The Kier molecular flexibility index (Phi) is 5.52. The van der Waals surface area contributed by atoms with E-state index >= 15 is 0 Å². The van der Waals surface area contributed by atoms with Crippen LogP contribution >= 0.6 is 0 Å². The molecule has 27 heavy (non-hydrogen) atoms. The number of amides is 1. The minimum absolute atomic E-state index is 0.201. The minimum atomic E-state index is -0.890. The Morgan fingerprint density at radius 3 is 2.41 bits per heavy atom. The first-order valence-electron chi connectivity index (χ1n) is 8.26. The van der Waals surface area contributed by atoms with E-state index in [2.05, 4.69) is 15.3 Å². The van der Waals surface area contributed by atoms with Gasteiger partial charge in [0, 0.05) is 12.4 Å². The molecule has 7 heteroatoms. The van der Waals surface area contributed by atoms with Gasteiger partial charge in [0.25, 0.3) is 5.91 Å². The van der Waals surface area contributed by atoms with E-state index in [1.54, 1.807) is 31.3 Å². The van der Waals surface area contributed by atoms with Crippen LogP contribution in [0.25, 0.3) is 0 Å². The van der Waals surface area contributed by atoms with Gasteiger partial charge in [-0.05, 0) is 54.3 Å². The van der Waals surface area contributed by atoms with Crippen molar-refractivity contribution in [1.29, 1.82) is 0 Å². The summed E-state index contributed by atoms with van der Waals surface area (Å²) in [6.45, 7) is 1.61. The highest BCUT2D eigenvalue weighted by atomic mass is 19.2. The summed E-state index contributed by atoms with van der Waals surface area (Å²) in [5.41, 5.74) is 2.23. The third kappa shape index (κ3) is 4.71. The van der Waals surface area contributed by atoms with E-state index in [1.165, 1.54) is 18.3 Å². The van der Waals surface area contributed by atoms with Gasteiger partial charge in [0.2, 0.25) is 0 Å². The molecular formula is C20H17F2N3O2. The van der Waals surface area contributed by atoms with Crippen molar-refractivity contribution in [3.8, 4) is 0 Å². The molecule has 0 saturated heterocycles. The first-order chi connectivity index (χ1) is 12.9. The predicted molar refractivity (Wildman–Crippen MR) is 96.2 cm³/mol. The van der Waals surface area contributed by atoms with E-state index in [9.17, 15) is 18.7 Å². The molecule has 3 rings (SSSR count). The highest BCUT2D eigenvalue weighted by molar-refractivity contribution is 6.02. The molecule has 0 aliphatic rings. The van der Waals surface area contributed by atoms with Crippen molar-refractivity contribution in [2.45, 2.75) is 19.4 Å². The number of hydrogen-bond donors (Lipinski definition) is 2. The number of aromatic nitrogens is 2. The maximum Gasteiger partial charge on any atom is 0.275 e. The molecule has 0 aliphatic carbocycles. The largest absolute Gasteiger partial charge is 0.389 e. The van der Waals surface area contributed by atoms with Gasteiger partial charge < -0.3 is 10.4 Å². The number of aliphatic hydroxyl groups excluding tert-OH is 1. The number of rotatable bonds is 5. The number of hydrogen-bond acceptors (Lipinski definition) is 4. The number of carbonyl (C=O) groups is 1. The molecule has 2 aromatic heterocycles. The molecule has 2 N–H and O–H groups in total. The second-order valence-electron chi connectivity index (χ2n) is 6.08. The van der Waals surface area contributed by atoms with Gasteiger partial charge in [-0.1, -0.05) is 18.2 Å². The van der Waals surface area contributed by atoms with E-state index in [1.807, 2.05) is 0 Å². The van der Waals surface area contributed by atoms with Gasteiger partial charge in [0.05, 0.1) is 6.10 Å². The lowest BCUT2D eigenvalue weighted by Gasteiger charge is -2.07. The Hall–Kier alpha value is -3.19. The van der Waals surface area contributed by atoms with E-state index < -0.39 is 23.6 Å². The summed E-state index contributed by atoms with van der Waals surface area (Å²) >= 11 is 0. The lowest BCUT2D eigenvalue weighted by Crippen LogP contribution is -2.14. The standard InChI is InChI=1S/C20H17F2N3O2/c1-12(26)15-4-6-18(23-11-15)20(27)25-19-7-3-14(10-24-19)8-13-2-5-16(21)17(22)9-13/h2-7,9-12,26H,8H2,1H3,(H,24,25,27). The highest BCUT2D eigenvalue weighted by Gasteiger charge is 2.10. The van der Waals surface area contributed by atoms with Gasteiger partial charge >= 0.3 is 0 Å². The number of benzene rings is 1. The number of carbonyl (C=O) groups excluding carboxylic acids is 1. The molecule has 2 heterocycles. The summed E-state index contributed by atoms with van der Waals surface area (Å²) in [4.78, 5) is 20.4. The fourth-order valence-corrected chi connectivity index (χ4v) is 2.46. The highest BCUT2D eigenvalue weighted by Crippen LogP contribution is 2.15. The SMILES string of the molecule is CC(O)c1ccc(C(=O)Nc2ccc(Cc3ccc(F)c(F)c3)cn2)nc1. The fourth-order valence-electron chi connectivity index (χ4n) is 2.46. The number of nitrogens with one attached hydrogen (secondary N) is 1. The maximum atomic E-state index is 13.3. The van der Waals surface area contributed by atoms with Crippen molar-refractivity contribution >= 4 is 11.7 Å². The lowest BCUT2D eigenvalue weighted by molar-refractivity contribution is 0.102. The molecule has 1 atom stereocenters. The van der Waals surface area contributed by atoms with Gasteiger partial charge in [-0.15, -0.1) is 0 Å². The van der Waals surface area contributed by atoms with Crippen molar-refractivity contribution < 1.29 is 18.7 Å². The summed E-state index contributed by atoms with van der Waals surface area (Å²) < 4.78 is 26.2. The summed E-state index contributed by atoms with van der Waals surface area (Å²) in [5.74, 6) is -1.85. The first kappa shape index (κ1) is 18.6. The third-order valence-electron chi connectivity index (χ3n) is 3.96. The Labute approximate surface area is 154 Å². The van der Waals surface area contributed by atoms with Crippen LogP contribution in [-0.2, 0) is 6.42 Å². The van der Waals surface area contributed by atoms with E-state index in [4.69, 9.17) is 0 Å². The molecule has 0 spiro atoms. The Balaban J connectivity index is 1.64. The second-order valence-corrected chi connectivity index (χ2v) is 6.08. The summed E-state index contributed by atoms with van der Waals surface area (Å²) in [5, 5.41) is 12.1. The predicted octanol–water partition coefficient (Wildman–Crippen LogP) is 3.65. The average Bonchev–Trinajstić information content (AvgIpc) is 2.66. The maximum absolute atomic E-state index is 13.3. The topological polar surface area (TPSA) is 75.1 Å². The van der Waals surface area contributed by atoms with Crippen LogP contribution in [0.5, 0.6) is 0 Å². The molecule has 1 aromatic carbocycles. The van der Waals surface area contributed by atoms with Crippen molar-refractivity contribution in [1.82, 2.24) is 9.97 Å². The Morgan fingerprint density at radius 1 is 1.04 bits per heavy atom. The van der Waals surface area contributed by atoms with Crippen LogP contribution in [0.1, 0.15) is 40.2 Å². The van der Waals surface area contributed by atoms with Crippen LogP contribution in [0.15, 0.2) is 54.9 Å². The third-order valence-corrected chi connectivity index (χ3v) is 3.96. The van der Waals surface area contributed by atoms with Crippen LogP contribution in [0.3, 0.4) is 0 Å². The molecule has 0 aliphatic heterocycles. The van der Waals surface area contributed by atoms with Crippen LogP contribution < -0.4 is 5.32 Å². The zero-order valence-corrected chi connectivity index (χ0v) is 14.5. The summed E-state index contributed by atoms with van der Waals surface area (Å²) in [7, 11) is 0. The molecule has 1 amide bonds. The quantitative estimate of drug-likeness (QED) is 0.720. The number of anilines is 1. The van der Waals surface area contributed by atoms with E-state index in [-0.39, 0.29) is 5.69 Å². The van der Waals surface area contributed by atoms with Crippen LogP contribution in [0.2, 0.25) is 0 Å². The van der Waals surface area contributed by atoms with Gasteiger partial charge in [0.15, 0.2) is 11.6 Å². The van der Waals surface area contributed by atoms with Crippen molar-refractivity contribution in [2.24, 2.45) is 0 Å². The molecule has 0 saturated carbocycles. The van der Waals surface area contributed by atoms with Crippen molar-refractivity contribution in [3.05, 3.63) is 88.9 Å². The average molecular weight is 369 g/mol. The molecule has 0 radical (unpaired) electrons. The van der Waals surface area contributed by atoms with E-state index in [0.717, 1.165) is 17.7 Å². The summed E-state index contributed by atoms with van der Waals surface area (Å²) in [6, 6.07) is 10.3. The number of aliphatic hydroxyl groups is 1. The number of nitrogens with zero attached hydrogens (tertiary/aromatic N) is 2. The summed E-state index contributed by atoms with van der Waals surface area (Å²) in [6.07, 6.45) is 2.73. The molecule has 0 fully saturated rings. The zero-order valence-electron chi connectivity index (χ0n) is 14.5. The smallest absolute Gasteiger partial charge is 0.275 e. The van der Waals surface area contributed by atoms with Gasteiger partial charge in [-0.2, -0.15) is 0 Å². The zero-order chi connectivity index (χ0) is 19.4. The Morgan fingerprint density at radius 2 is 1.81 bits per heavy atom. The van der Waals surface area contributed by atoms with Gasteiger partial charge in [0.1, 0.15) is 11.5 Å². The molecule has 1 unspecified atom stereocenters. The lowest BCUT2D eigenvalue weighted by atomic mass is 10.1. The van der Waals surface area contributed by atoms with Crippen LogP contribution in [0, 0.1) is 11.6 Å². The fraction of sp³-hybridized carbons (Fsp3) is 0.150. The number of pyridine rings is 2. The van der Waals surface area contributed by atoms with Crippen LogP contribution in [0.4, 0.5) is 14.6 Å². The second kappa shape index (κ2) is 8.01. The van der Waals surface area contributed by atoms with Gasteiger partial charge in [-0.3, -0.25) is 9.78 Å². The minimum Gasteiger partial charge on any atom is -0.389 e. The molecule has 0 bridgehead atoms. The van der Waals surface area contributed by atoms with Crippen molar-refractivity contribution in [2.75, 3.05) is 5.32 Å². The first-order valence-corrected chi connectivity index (χ1v) is 8.26. The molecule has 3 aromatic rings. The normalized spacial score (nSPS) is 11.9. The van der Waals surface area contributed by atoms with Gasteiger partial charge in [-0.25, -0.2) is 13.8 Å². The van der Waals surface area contributed by atoms with Crippen LogP contribution in [-0.4, -0.2) is 21.0 Å². The monoisotopic (exact) mass is 369 g/mol. The number of halogens is 2. The molecule has 5 nitrogen and oxygen atoms in total. The Bertz CT molecular complexity index is 942. The van der Waals surface area contributed by atoms with E-state index in [0.29, 0.717) is 23.4 Å². The molecule has 138 valence electrons.